The van der Waals surface area contributed by atoms with Gasteiger partial charge < -0.3 is 24.8 Å². The Hall–Kier alpha value is -2.16. The molecular weight excluding hydrogens is 494 g/mol. The van der Waals surface area contributed by atoms with Crippen LogP contribution in [-0.2, 0) is 14.3 Å². The zero-order valence-corrected chi connectivity index (χ0v) is 21.2. The Kier molecular flexibility index (Phi) is 19.2. The SMILES string of the molecule is CCC(CC)(NCCOC)Oc1cc(Cl)c(F)cc1C#N.CCC(O)CCCl.O=C(O)C(=O)O. The number of benzene rings is 1. The topological polar surface area (TPSA) is 149 Å². The lowest BCUT2D eigenvalue weighted by Crippen LogP contribution is -2.50. The van der Waals surface area contributed by atoms with Gasteiger partial charge in [0, 0.05) is 25.6 Å². The number of ether oxygens (including phenoxy) is 2. The molecule has 1 aromatic carbocycles. The maximum Gasteiger partial charge on any atom is 0.414 e. The van der Waals surface area contributed by atoms with Gasteiger partial charge in [0.15, 0.2) is 5.72 Å². The lowest BCUT2D eigenvalue weighted by Gasteiger charge is -2.34. The van der Waals surface area contributed by atoms with Crippen molar-refractivity contribution in [3.63, 3.8) is 0 Å². The van der Waals surface area contributed by atoms with Crippen molar-refractivity contribution in [3.05, 3.63) is 28.5 Å². The van der Waals surface area contributed by atoms with Crippen molar-refractivity contribution in [2.75, 3.05) is 26.1 Å². The molecule has 0 radical (unpaired) electrons. The molecule has 1 unspecified atom stereocenters. The van der Waals surface area contributed by atoms with E-state index < -0.39 is 23.5 Å². The maximum absolute atomic E-state index is 13.4. The number of carboxylic acid groups (broad SMARTS) is 2. The summed E-state index contributed by atoms with van der Waals surface area (Å²) in [5, 5.41) is 35.9. The summed E-state index contributed by atoms with van der Waals surface area (Å²) in [7, 11) is 1.62. The predicted molar refractivity (Wildman–Crippen MR) is 127 cm³/mol. The Balaban J connectivity index is 0. The zero-order valence-electron chi connectivity index (χ0n) is 19.7. The number of hydrogen-bond acceptors (Lipinski definition) is 7. The third-order valence-electron chi connectivity index (χ3n) is 4.44. The first-order chi connectivity index (χ1) is 16.0. The van der Waals surface area contributed by atoms with E-state index >= 15 is 0 Å². The molecule has 0 bridgehead atoms. The van der Waals surface area contributed by atoms with E-state index in [4.69, 9.17) is 62.8 Å². The van der Waals surface area contributed by atoms with E-state index in [2.05, 4.69) is 5.32 Å². The molecular formula is C22H33Cl2FN2O7. The fourth-order valence-corrected chi connectivity index (χ4v) is 2.71. The van der Waals surface area contributed by atoms with E-state index in [1.165, 1.54) is 6.07 Å². The second-order valence-electron chi connectivity index (χ2n) is 6.75. The van der Waals surface area contributed by atoms with Gasteiger partial charge in [0.25, 0.3) is 0 Å². The first kappa shape index (κ1) is 34.0. The van der Waals surface area contributed by atoms with Crippen LogP contribution in [0.2, 0.25) is 5.02 Å². The minimum atomic E-state index is -1.82. The van der Waals surface area contributed by atoms with Crippen molar-refractivity contribution in [1.82, 2.24) is 5.32 Å². The van der Waals surface area contributed by atoms with E-state index in [9.17, 15) is 4.39 Å². The summed E-state index contributed by atoms with van der Waals surface area (Å²) in [6, 6.07) is 4.35. The van der Waals surface area contributed by atoms with Gasteiger partial charge >= 0.3 is 11.9 Å². The van der Waals surface area contributed by atoms with Crippen LogP contribution in [0.5, 0.6) is 5.75 Å². The quantitative estimate of drug-likeness (QED) is 0.145. The number of carbonyl (C=O) groups is 2. The molecule has 0 amide bonds. The highest BCUT2D eigenvalue weighted by Crippen LogP contribution is 2.30. The molecule has 0 saturated heterocycles. The first-order valence-electron chi connectivity index (χ1n) is 10.5. The van der Waals surface area contributed by atoms with Crippen molar-refractivity contribution in [1.29, 1.82) is 5.26 Å². The molecule has 0 spiro atoms. The standard InChI is InChI=1S/C15H20ClFN2O2.C5H11ClO.C2H2O4/c1-4-15(5-2,19-6-7-20-3)21-14-9-12(16)13(17)8-11(14)10-18;1-2-5(7)3-4-6;3-1(4)2(5)6/h8-9,19H,4-7H2,1-3H3;5,7H,2-4H2,1H3;(H,3,4)(H,5,6). The van der Waals surface area contributed by atoms with Crippen LogP contribution in [0.3, 0.4) is 0 Å². The number of alkyl halides is 1. The van der Waals surface area contributed by atoms with Crippen LogP contribution in [0, 0.1) is 17.1 Å². The fraction of sp³-hybridized carbons (Fsp3) is 0.591. The zero-order chi connectivity index (χ0) is 26.7. The molecule has 0 aliphatic rings. The number of halogens is 3. The molecule has 12 heteroatoms. The molecule has 1 aromatic rings. The van der Waals surface area contributed by atoms with Crippen LogP contribution >= 0.6 is 23.2 Å². The predicted octanol–water partition coefficient (Wildman–Crippen LogP) is 4.02. The van der Waals surface area contributed by atoms with Crippen molar-refractivity contribution >= 4 is 35.1 Å². The van der Waals surface area contributed by atoms with Gasteiger partial charge in [-0.2, -0.15) is 5.26 Å². The minimum absolute atomic E-state index is 0.0676. The lowest BCUT2D eigenvalue weighted by molar-refractivity contribution is -0.159. The smallest absolute Gasteiger partial charge is 0.414 e. The molecule has 0 aromatic heterocycles. The van der Waals surface area contributed by atoms with Crippen LogP contribution in [0.15, 0.2) is 12.1 Å². The first-order valence-corrected chi connectivity index (χ1v) is 11.4. The summed E-state index contributed by atoms with van der Waals surface area (Å²) in [5.41, 5.74) is -0.526. The number of hydrogen-bond donors (Lipinski definition) is 4. The lowest BCUT2D eigenvalue weighted by atomic mass is 10.1. The summed E-state index contributed by atoms with van der Waals surface area (Å²) < 4.78 is 24.4. The number of aliphatic hydroxyl groups is 1. The summed E-state index contributed by atoms with van der Waals surface area (Å²) in [6.07, 6.45) is 2.70. The molecule has 4 N–H and O–H groups in total. The molecule has 9 nitrogen and oxygen atoms in total. The number of nitriles is 1. The Labute approximate surface area is 209 Å². The van der Waals surface area contributed by atoms with Crippen LogP contribution < -0.4 is 10.1 Å². The third-order valence-corrected chi connectivity index (χ3v) is 4.95. The maximum atomic E-state index is 13.4. The van der Waals surface area contributed by atoms with Crippen molar-refractivity contribution in [2.24, 2.45) is 0 Å². The molecule has 34 heavy (non-hydrogen) atoms. The van der Waals surface area contributed by atoms with Gasteiger partial charge in [-0.05, 0) is 31.7 Å². The number of carboxylic acids is 2. The highest BCUT2D eigenvalue weighted by Gasteiger charge is 2.29. The van der Waals surface area contributed by atoms with Gasteiger partial charge in [0.2, 0.25) is 0 Å². The Morgan fingerprint density at radius 2 is 1.79 bits per heavy atom. The van der Waals surface area contributed by atoms with E-state index in [1.54, 1.807) is 7.11 Å². The summed E-state index contributed by atoms with van der Waals surface area (Å²) >= 11 is 11.1. The molecule has 1 atom stereocenters. The van der Waals surface area contributed by atoms with Gasteiger partial charge in [-0.1, -0.05) is 32.4 Å². The van der Waals surface area contributed by atoms with Crippen LogP contribution in [0.1, 0.15) is 52.0 Å². The summed E-state index contributed by atoms with van der Waals surface area (Å²) in [4.78, 5) is 18.2. The Morgan fingerprint density at radius 1 is 1.24 bits per heavy atom. The number of nitrogens with zero attached hydrogens (tertiary/aromatic N) is 1. The number of methoxy groups -OCH3 is 1. The fourth-order valence-electron chi connectivity index (χ4n) is 2.30. The number of nitrogens with one attached hydrogen (secondary N) is 1. The van der Waals surface area contributed by atoms with Crippen LogP contribution in [0.25, 0.3) is 0 Å². The number of rotatable bonds is 11. The highest BCUT2D eigenvalue weighted by atomic mass is 35.5. The van der Waals surface area contributed by atoms with Gasteiger partial charge in [-0.25, -0.2) is 14.0 Å². The van der Waals surface area contributed by atoms with Gasteiger partial charge in [0.05, 0.1) is 23.3 Å². The summed E-state index contributed by atoms with van der Waals surface area (Å²) in [5.74, 6) is -3.44. The normalized spacial score (nSPS) is 11.1. The average Bonchev–Trinajstić information content (AvgIpc) is 2.81. The summed E-state index contributed by atoms with van der Waals surface area (Å²) in [6.45, 7) is 7.04. The molecule has 0 aliphatic carbocycles. The van der Waals surface area contributed by atoms with Gasteiger partial charge in [0.1, 0.15) is 17.6 Å². The number of aliphatic hydroxyl groups excluding tert-OH is 1. The number of aliphatic carboxylic acids is 2. The Bertz CT molecular complexity index is 775. The van der Waals surface area contributed by atoms with E-state index in [1.807, 2.05) is 26.8 Å². The second-order valence-corrected chi connectivity index (χ2v) is 7.53. The van der Waals surface area contributed by atoms with E-state index in [-0.39, 0.29) is 22.4 Å². The van der Waals surface area contributed by atoms with Crippen molar-refractivity contribution in [2.45, 2.75) is 58.3 Å². The highest BCUT2D eigenvalue weighted by molar-refractivity contribution is 6.30. The monoisotopic (exact) mass is 526 g/mol. The second kappa shape index (κ2) is 19.2. The minimum Gasteiger partial charge on any atom is -0.473 e. The largest absolute Gasteiger partial charge is 0.473 e. The molecule has 0 aliphatic heterocycles. The molecule has 0 saturated carbocycles. The van der Waals surface area contributed by atoms with Crippen LogP contribution in [0.4, 0.5) is 4.39 Å². The Morgan fingerprint density at radius 3 is 2.15 bits per heavy atom. The molecule has 0 fully saturated rings. The van der Waals surface area contributed by atoms with Gasteiger partial charge in [-0.3, -0.25) is 5.32 Å². The van der Waals surface area contributed by atoms with Crippen LogP contribution in [-0.4, -0.2) is 65.2 Å². The van der Waals surface area contributed by atoms with E-state index in [0.29, 0.717) is 31.9 Å². The molecule has 1 rings (SSSR count). The molecule has 194 valence electrons. The van der Waals surface area contributed by atoms with Gasteiger partial charge in [-0.15, -0.1) is 11.6 Å². The van der Waals surface area contributed by atoms with Crippen molar-refractivity contribution in [3.8, 4) is 11.8 Å². The average molecular weight is 527 g/mol. The third kappa shape index (κ3) is 14.2. The van der Waals surface area contributed by atoms with E-state index in [0.717, 1.165) is 18.9 Å². The van der Waals surface area contributed by atoms with Crippen molar-refractivity contribution < 1.29 is 38.8 Å². The molecule has 0 heterocycles.